The molecule has 1 nitrogen and oxygen atoms in total. The maximum Gasteiger partial charge on any atom is 0.126 e. The SMILES string of the molecule is CC.CCC.COc1cccc2c(C)c(C)ccc12. The predicted octanol–water partition coefficient (Wildman–Crippen LogP) is 5.91. The molecule has 2 aromatic carbocycles. The van der Waals surface area contributed by atoms with E-state index < -0.39 is 0 Å². The quantitative estimate of drug-likeness (QED) is 0.619. The van der Waals surface area contributed by atoms with Crippen LogP contribution in [0, 0.1) is 13.8 Å². The van der Waals surface area contributed by atoms with Gasteiger partial charge in [-0.15, -0.1) is 0 Å². The molecule has 0 aromatic heterocycles. The van der Waals surface area contributed by atoms with Crippen LogP contribution in [0.25, 0.3) is 10.8 Å². The number of fused-ring (bicyclic) bond motifs is 1. The molecule has 106 valence electrons. The first-order chi connectivity index (χ1) is 9.15. The Bertz CT molecular complexity index is 486. The maximum atomic E-state index is 5.32. The molecule has 0 spiro atoms. The summed E-state index contributed by atoms with van der Waals surface area (Å²) in [5, 5.41) is 2.47. The van der Waals surface area contributed by atoms with Crippen molar-refractivity contribution >= 4 is 10.8 Å². The van der Waals surface area contributed by atoms with Crippen LogP contribution in [0.4, 0.5) is 0 Å². The topological polar surface area (TPSA) is 9.23 Å². The highest BCUT2D eigenvalue weighted by Gasteiger charge is 2.03. The molecule has 2 aromatic rings. The number of hydrogen-bond donors (Lipinski definition) is 0. The third-order valence-electron chi connectivity index (χ3n) is 2.78. The Balaban J connectivity index is 0.000000573. The van der Waals surface area contributed by atoms with Crippen LogP contribution < -0.4 is 4.74 Å². The highest BCUT2D eigenvalue weighted by atomic mass is 16.5. The van der Waals surface area contributed by atoms with Gasteiger partial charge in [0.15, 0.2) is 0 Å². The minimum atomic E-state index is 0.950. The molecule has 0 aliphatic rings. The number of methoxy groups -OCH3 is 1. The van der Waals surface area contributed by atoms with Crippen LogP contribution in [-0.2, 0) is 0 Å². The summed E-state index contributed by atoms with van der Waals surface area (Å²) in [5.41, 5.74) is 2.66. The molecule has 0 fully saturated rings. The lowest BCUT2D eigenvalue weighted by Crippen LogP contribution is -1.88. The number of ether oxygens (including phenoxy) is 1. The summed E-state index contributed by atoms with van der Waals surface area (Å²) in [4.78, 5) is 0. The highest BCUT2D eigenvalue weighted by molar-refractivity contribution is 5.91. The molecule has 1 heteroatoms. The van der Waals surface area contributed by atoms with Crippen molar-refractivity contribution in [3.63, 3.8) is 0 Å². The van der Waals surface area contributed by atoms with E-state index in [2.05, 4.69) is 45.9 Å². The summed E-state index contributed by atoms with van der Waals surface area (Å²) < 4.78 is 5.32. The van der Waals surface area contributed by atoms with Crippen LogP contribution in [-0.4, -0.2) is 7.11 Å². The van der Waals surface area contributed by atoms with E-state index in [1.165, 1.54) is 28.3 Å². The van der Waals surface area contributed by atoms with Crippen LogP contribution >= 0.6 is 0 Å². The fourth-order valence-electron chi connectivity index (χ4n) is 1.77. The summed E-state index contributed by atoms with van der Waals surface area (Å²) in [6.45, 7) is 12.5. The Labute approximate surface area is 118 Å². The van der Waals surface area contributed by atoms with E-state index in [0.717, 1.165) is 5.75 Å². The average molecular weight is 260 g/mol. The minimum Gasteiger partial charge on any atom is -0.496 e. The second-order valence-electron chi connectivity index (χ2n) is 4.27. The van der Waals surface area contributed by atoms with Crippen LogP contribution in [0.3, 0.4) is 0 Å². The first kappa shape index (κ1) is 17.5. The van der Waals surface area contributed by atoms with Crippen molar-refractivity contribution in [3.05, 3.63) is 41.5 Å². The lowest BCUT2D eigenvalue weighted by molar-refractivity contribution is 0.420. The average Bonchev–Trinajstić information content (AvgIpc) is 2.45. The first-order valence-corrected chi connectivity index (χ1v) is 7.18. The minimum absolute atomic E-state index is 0.950. The van der Waals surface area contributed by atoms with Gasteiger partial charge >= 0.3 is 0 Å². The van der Waals surface area contributed by atoms with E-state index in [4.69, 9.17) is 4.74 Å². The second kappa shape index (κ2) is 9.43. The van der Waals surface area contributed by atoms with Gasteiger partial charge in [0.2, 0.25) is 0 Å². The van der Waals surface area contributed by atoms with Gasteiger partial charge < -0.3 is 4.74 Å². The molecule has 0 unspecified atom stereocenters. The molecule has 0 aliphatic carbocycles. The first-order valence-electron chi connectivity index (χ1n) is 7.18. The largest absolute Gasteiger partial charge is 0.496 e. The van der Waals surface area contributed by atoms with Crippen LogP contribution in [0.2, 0.25) is 0 Å². The molecule has 0 saturated carbocycles. The lowest BCUT2D eigenvalue weighted by Gasteiger charge is -2.09. The molecule has 0 atom stereocenters. The Hall–Kier alpha value is -1.50. The number of hydrogen-bond acceptors (Lipinski definition) is 1. The van der Waals surface area contributed by atoms with Gasteiger partial charge in [-0.2, -0.15) is 0 Å². The third-order valence-corrected chi connectivity index (χ3v) is 2.78. The molecule has 2 rings (SSSR count). The normalized spacial score (nSPS) is 9.00. The van der Waals surface area contributed by atoms with Gasteiger partial charge in [-0.1, -0.05) is 58.4 Å². The molecule has 0 heterocycles. The zero-order valence-electron chi connectivity index (χ0n) is 13.5. The van der Waals surface area contributed by atoms with E-state index in [1.807, 2.05) is 26.0 Å². The standard InChI is InChI=1S/C13H14O.C3H8.C2H6/c1-9-7-8-12-11(10(9)2)5-4-6-13(12)14-3;1-3-2;1-2/h4-8H,1-3H3;3H2,1-2H3;1-2H3. The van der Waals surface area contributed by atoms with Crippen molar-refractivity contribution in [2.75, 3.05) is 7.11 Å². The Kier molecular flexibility index (Phi) is 8.69. The van der Waals surface area contributed by atoms with Gasteiger partial charge in [0.05, 0.1) is 7.11 Å². The Morgan fingerprint density at radius 2 is 1.47 bits per heavy atom. The Morgan fingerprint density at radius 1 is 0.895 bits per heavy atom. The van der Waals surface area contributed by atoms with Gasteiger partial charge in [-0.05, 0) is 36.4 Å². The highest BCUT2D eigenvalue weighted by Crippen LogP contribution is 2.28. The lowest BCUT2D eigenvalue weighted by atomic mass is 10.0. The van der Waals surface area contributed by atoms with Crippen molar-refractivity contribution in [1.82, 2.24) is 0 Å². The molecule has 0 radical (unpaired) electrons. The molecular weight excluding hydrogens is 232 g/mol. The van der Waals surface area contributed by atoms with Gasteiger partial charge in [-0.25, -0.2) is 0 Å². The van der Waals surface area contributed by atoms with Gasteiger partial charge in [0.1, 0.15) is 5.75 Å². The van der Waals surface area contributed by atoms with Gasteiger partial charge in [0, 0.05) is 5.39 Å². The molecular formula is C18H28O. The van der Waals surface area contributed by atoms with Crippen molar-refractivity contribution in [2.45, 2.75) is 48.0 Å². The fourth-order valence-corrected chi connectivity index (χ4v) is 1.77. The van der Waals surface area contributed by atoms with E-state index in [0.29, 0.717) is 0 Å². The number of benzene rings is 2. The van der Waals surface area contributed by atoms with E-state index in [1.54, 1.807) is 7.11 Å². The third kappa shape index (κ3) is 4.59. The predicted molar refractivity (Wildman–Crippen MR) is 87.3 cm³/mol. The fraction of sp³-hybridized carbons (Fsp3) is 0.444. The van der Waals surface area contributed by atoms with Crippen LogP contribution in [0.15, 0.2) is 30.3 Å². The summed E-state index contributed by atoms with van der Waals surface area (Å²) in [5.74, 6) is 0.950. The molecule has 0 amide bonds. The van der Waals surface area contributed by atoms with E-state index in [9.17, 15) is 0 Å². The zero-order valence-corrected chi connectivity index (χ0v) is 13.5. The summed E-state index contributed by atoms with van der Waals surface area (Å²) >= 11 is 0. The number of rotatable bonds is 1. The second-order valence-corrected chi connectivity index (χ2v) is 4.27. The number of aryl methyl sites for hydroxylation is 2. The van der Waals surface area contributed by atoms with Gasteiger partial charge in [-0.3, -0.25) is 0 Å². The monoisotopic (exact) mass is 260 g/mol. The van der Waals surface area contributed by atoms with Crippen molar-refractivity contribution in [2.24, 2.45) is 0 Å². The zero-order chi connectivity index (χ0) is 14.8. The molecule has 0 bridgehead atoms. The van der Waals surface area contributed by atoms with E-state index in [-0.39, 0.29) is 0 Å². The maximum absolute atomic E-state index is 5.32. The smallest absolute Gasteiger partial charge is 0.126 e. The summed E-state index contributed by atoms with van der Waals surface area (Å²) in [6, 6.07) is 10.4. The van der Waals surface area contributed by atoms with E-state index >= 15 is 0 Å². The van der Waals surface area contributed by atoms with Crippen LogP contribution in [0.1, 0.15) is 45.2 Å². The summed E-state index contributed by atoms with van der Waals surface area (Å²) in [7, 11) is 1.71. The van der Waals surface area contributed by atoms with Crippen molar-refractivity contribution < 1.29 is 4.74 Å². The molecule has 19 heavy (non-hydrogen) atoms. The Morgan fingerprint density at radius 3 is 2.00 bits per heavy atom. The molecule has 0 saturated heterocycles. The molecule has 0 aliphatic heterocycles. The van der Waals surface area contributed by atoms with Crippen LogP contribution in [0.5, 0.6) is 5.75 Å². The van der Waals surface area contributed by atoms with Crippen molar-refractivity contribution in [3.8, 4) is 5.75 Å². The molecule has 0 N–H and O–H groups in total. The van der Waals surface area contributed by atoms with Crippen molar-refractivity contribution in [1.29, 1.82) is 0 Å². The van der Waals surface area contributed by atoms with Gasteiger partial charge in [0.25, 0.3) is 0 Å². The summed E-state index contributed by atoms with van der Waals surface area (Å²) in [6.07, 6.45) is 1.25.